The van der Waals surface area contributed by atoms with Gasteiger partial charge < -0.3 is 5.32 Å². The summed E-state index contributed by atoms with van der Waals surface area (Å²) in [5.74, 6) is -0.0495. The minimum atomic E-state index is -0.312. The summed E-state index contributed by atoms with van der Waals surface area (Å²) < 4.78 is 0.908. The minimum absolute atomic E-state index is 0.0433. The van der Waals surface area contributed by atoms with Gasteiger partial charge in [-0.05, 0) is 54.3 Å². The van der Waals surface area contributed by atoms with Crippen molar-refractivity contribution in [2.24, 2.45) is 5.92 Å². The van der Waals surface area contributed by atoms with Gasteiger partial charge in [0.1, 0.15) is 0 Å². The molecule has 1 aliphatic heterocycles. The van der Waals surface area contributed by atoms with Crippen LogP contribution in [-0.2, 0) is 9.59 Å². The van der Waals surface area contributed by atoms with E-state index < -0.39 is 0 Å². The molecule has 1 fully saturated rings. The van der Waals surface area contributed by atoms with Crippen molar-refractivity contribution in [3.05, 3.63) is 51.4 Å². The average molecular weight is 435 g/mol. The highest BCUT2D eigenvalue weighted by Gasteiger charge is 2.34. The molecule has 0 aromatic heterocycles. The molecule has 0 radical (unpaired) electrons. The predicted octanol–water partition coefficient (Wildman–Crippen LogP) is 3.96. The number of carbonyl (C=O) groups is 3. The van der Waals surface area contributed by atoms with Gasteiger partial charge >= 0.3 is 0 Å². The lowest BCUT2D eigenvalue weighted by Crippen LogP contribution is -2.37. The smallest absolute Gasteiger partial charge is 0.293 e. The quantitative estimate of drug-likeness (QED) is 0.543. The van der Waals surface area contributed by atoms with E-state index in [1.54, 1.807) is 6.08 Å². The summed E-state index contributed by atoms with van der Waals surface area (Å²) in [5, 5.41) is 2.49. The Kier molecular flexibility index (Phi) is 6.32. The van der Waals surface area contributed by atoms with Crippen LogP contribution in [0.25, 0.3) is 6.08 Å². The lowest BCUT2D eigenvalue weighted by atomic mass is 10.1. The Hall–Kier alpha value is -1.86. The number of halogens is 1. The third-order valence-electron chi connectivity index (χ3n) is 4.24. The van der Waals surface area contributed by atoms with Gasteiger partial charge in [0.25, 0.3) is 11.1 Å². The summed E-state index contributed by atoms with van der Waals surface area (Å²) >= 11 is 4.32. The maximum absolute atomic E-state index is 12.4. The SMILES string of the molecule is O=C(CC1C=CCC1)NCCN1C(=O)S/C(=C\c2cccc(Br)c2)C1=O. The van der Waals surface area contributed by atoms with Gasteiger partial charge in [0.15, 0.2) is 0 Å². The van der Waals surface area contributed by atoms with Crippen molar-refractivity contribution in [2.75, 3.05) is 13.1 Å². The number of rotatable bonds is 6. The van der Waals surface area contributed by atoms with Gasteiger partial charge in [-0.3, -0.25) is 19.3 Å². The highest BCUT2D eigenvalue weighted by Crippen LogP contribution is 2.32. The minimum Gasteiger partial charge on any atom is -0.354 e. The van der Waals surface area contributed by atoms with E-state index in [2.05, 4.69) is 33.4 Å². The molecule has 1 aromatic carbocycles. The fourth-order valence-electron chi connectivity index (χ4n) is 2.92. The zero-order valence-corrected chi connectivity index (χ0v) is 16.5. The van der Waals surface area contributed by atoms with Crippen LogP contribution in [0.3, 0.4) is 0 Å². The molecule has 1 aromatic rings. The number of benzene rings is 1. The van der Waals surface area contributed by atoms with Crippen molar-refractivity contribution in [1.82, 2.24) is 10.2 Å². The molecule has 1 atom stereocenters. The predicted molar refractivity (Wildman–Crippen MR) is 106 cm³/mol. The number of nitrogens with one attached hydrogen (secondary N) is 1. The van der Waals surface area contributed by atoms with Crippen LogP contribution in [0.5, 0.6) is 0 Å². The number of carbonyl (C=O) groups excluding carboxylic acids is 3. The normalized spacial score (nSPS) is 21.0. The number of thioether (sulfide) groups is 1. The van der Waals surface area contributed by atoms with Crippen LogP contribution in [0.2, 0.25) is 0 Å². The Bertz CT molecular complexity index is 791. The second kappa shape index (κ2) is 8.68. The van der Waals surface area contributed by atoms with Crippen LogP contribution in [0.1, 0.15) is 24.8 Å². The Morgan fingerprint density at radius 3 is 2.96 bits per heavy atom. The first-order chi connectivity index (χ1) is 12.5. The molecule has 5 nitrogen and oxygen atoms in total. The van der Waals surface area contributed by atoms with Crippen molar-refractivity contribution in [1.29, 1.82) is 0 Å². The van der Waals surface area contributed by atoms with E-state index in [4.69, 9.17) is 0 Å². The Labute approximate surface area is 165 Å². The second-order valence-electron chi connectivity index (χ2n) is 6.21. The van der Waals surface area contributed by atoms with Gasteiger partial charge in [0, 0.05) is 24.0 Å². The molecule has 1 N–H and O–H groups in total. The highest BCUT2D eigenvalue weighted by molar-refractivity contribution is 9.10. The van der Waals surface area contributed by atoms with Gasteiger partial charge in [0.05, 0.1) is 4.91 Å². The van der Waals surface area contributed by atoms with Crippen molar-refractivity contribution < 1.29 is 14.4 Å². The van der Waals surface area contributed by atoms with Crippen molar-refractivity contribution in [2.45, 2.75) is 19.3 Å². The molecule has 7 heteroatoms. The zero-order chi connectivity index (χ0) is 18.5. The molecule has 0 bridgehead atoms. The van der Waals surface area contributed by atoms with Crippen LogP contribution >= 0.6 is 27.7 Å². The van der Waals surface area contributed by atoms with E-state index >= 15 is 0 Å². The van der Waals surface area contributed by atoms with Gasteiger partial charge in [-0.15, -0.1) is 0 Å². The molecule has 1 aliphatic carbocycles. The molecule has 136 valence electrons. The van der Waals surface area contributed by atoms with Crippen LogP contribution in [0.15, 0.2) is 45.8 Å². The molecule has 0 saturated carbocycles. The number of imide groups is 1. The summed E-state index contributed by atoms with van der Waals surface area (Å²) in [7, 11) is 0. The Morgan fingerprint density at radius 1 is 1.38 bits per heavy atom. The van der Waals surface area contributed by atoms with E-state index in [-0.39, 0.29) is 30.1 Å². The molecule has 1 saturated heterocycles. The summed E-state index contributed by atoms with van der Waals surface area (Å²) in [6.45, 7) is 0.463. The number of hydrogen-bond acceptors (Lipinski definition) is 4. The molecule has 3 rings (SSSR count). The van der Waals surface area contributed by atoms with Gasteiger partial charge in [-0.1, -0.05) is 40.2 Å². The van der Waals surface area contributed by atoms with Crippen LogP contribution in [0, 0.1) is 5.92 Å². The van der Waals surface area contributed by atoms with Crippen LogP contribution < -0.4 is 5.32 Å². The Balaban J connectivity index is 1.52. The average Bonchev–Trinajstić information content (AvgIpc) is 3.18. The maximum Gasteiger partial charge on any atom is 0.293 e. The standard InChI is InChI=1S/C19H19BrN2O3S/c20-15-7-3-6-14(10-15)11-16-18(24)22(19(25)26-16)9-8-21-17(23)12-13-4-1-2-5-13/h1,3-4,6-7,10-11,13H,2,5,8-9,12H2,(H,21,23)/b16-11-. The maximum atomic E-state index is 12.4. The van der Waals surface area contributed by atoms with Gasteiger partial charge in [-0.2, -0.15) is 0 Å². The van der Waals surface area contributed by atoms with E-state index in [9.17, 15) is 14.4 Å². The molecule has 1 unspecified atom stereocenters. The molecule has 1 heterocycles. The third-order valence-corrected chi connectivity index (χ3v) is 5.64. The second-order valence-corrected chi connectivity index (χ2v) is 8.12. The number of allylic oxidation sites excluding steroid dienone is 2. The van der Waals surface area contributed by atoms with E-state index in [1.807, 2.05) is 24.3 Å². The molecule has 2 aliphatic rings. The Morgan fingerprint density at radius 2 is 2.23 bits per heavy atom. The molecule has 0 spiro atoms. The van der Waals surface area contributed by atoms with Crippen LogP contribution in [0.4, 0.5) is 4.79 Å². The first-order valence-electron chi connectivity index (χ1n) is 8.47. The molecular weight excluding hydrogens is 416 g/mol. The molecule has 26 heavy (non-hydrogen) atoms. The highest BCUT2D eigenvalue weighted by atomic mass is 79.9. The fourth-order valence-corrected chi connectivity index (χ4v) is 4.21. The van der Waals surface area contributed by atoms with E-state index in [0.29, 0.717) is 17.2 Å². The first-order valence-corrected chi connectivity index (χ1v) is 10.1. The van der Waals surface area contributed by atoms with Crippen molar-refractivity contribution >= 4 is 50.8 Å². The number of amides is 3. The largest absolute Gasteiger partial charge is 0.354 e. The fraction of sp³-hybridized carbons (Fsp3) is 0.316. The van der Waals surface area contributed by atoms with Crippen molar-refractivity contribution in [3.8, 4) is 0 Å². The molecular formula is C19H19BrN2O3S. The third kappa shape index (κ3) is 4.86. The lowest BCUT2D eigenvalue weighted by Gasteiger charge is -2.13. The summed E-state index contributed by atoms with van der Waals surface area (Å²) in [6, 6.07) is 7.52. The first kappa shape index (κ1) is 18.9. The summed E-state index contributed by atoms with van der Waals surface area (Å²) in [6.07, 6.45) is 8.37. The topological polar surface area (TPSA) is 66.5 Å². The number of nitrogens with zero attached hydrogens (tertiary/aromatic N) is 1. The monoisotopic (exact) mass is 434 g/mol. The van der Waals surface area contributed by atoms with Crippen LogP contribution in [-0.4, -0.2) is 35.0 Å². The zero-order valence-electron chi connectivity index (χ0n) is 14.1. The number of hydrogen-bond donors (Lipinski definition) is 1. The van der Waals surface area contributed by atoms with E-state index in [1.165, 1.54) is 4.90 Å². The van der Waals surface area contributed by atoms with Gasteiger partial charge in [-0.25, -0.2) is 0 Å². The summed E-state index contributed by atoms with van der Waals surface area (Å²) in [4.78, 5) is 38.0. The lowest BCUT2D eigenvalue weighted by molar-refractivity contribution is -0.124. The van der Waals surface area contributed by atoms with E-state index in [0.717, 1.165) is 34.6 Å². The summed E-state index contributed by atoms with van der Waals surface area (Å²) in [5.41, 5.74) is 0.850. The van der Waals surface area contributed by atoms with Gasteiger partial charge in [0.2, 0.25) is 5.91 Å². The molecule has 3 amide bonds. The van der Waals surface area contributed by atoms with Crippen molar-refractivity contribution in [3.63, 3.8) is 0 Å².